The molecular weight excluding hydrogens is 498 g/mol. The van der Waals surface area contributed by atoms with E-state index >= 15 is 0 Å². The zero-order valence-electron chi connectivity index (χ0n) is 15.8. The summed E-state index contributed by atoms with van der Waals surface area (Å²) >= 11 is 0.783. The number of unbranched alkanes of at least 4 members (excludes halogenated alkanes) is 3. The number of alkyl halides is 1. The summed E-state index contributed by atoms with van der Waals surface area (Å²) in [4.78, 5) is 0. The summed E-state index contributed by atoms with van der Waals surface area (Å²) in [5.41, 5.74) is 1.57. The number of halogens is 1. The molecule has 23 heavy (non-hydrogen) atoms. The Bertz CT molecular complexity index is 382. The SMILES string of the molecule is CCC[CH2][Sn]([CH2]CCC)([CH2]CCC)[C@@H](I)[C@H](C)c1ccccc1. The van der Waals surface area contributed by atoms with Gasteiger partial charge in [-0.15, -0.1) is 0 Å². The molecule has 2 atom stereocenters. The van der Waals surface area contributed by atoms with Crippen molar-refractivity contribution in [1.29, 1.82) is 0 Å². The van der Waals surface area contributed by atoms with Crippen molar-refractivity contribution in [1.82, 2.24) is 0 Å². The van der Waals surface area contributed by atoms with Crippen molar-refractivity contribution >= 4 is 41.0 Å². The van der Waals surface area contributed by atoms with E-state index in [1.807, 2.05) is 0 Å². The van der Waals surface area contributed by atoms with Gasteiger partial charge in [0, 0.05) is 0 Å². The Balaban J connectivity index is 3.01. The Morgan fingerprint density at radius 2 is 1.26 bits per heavy atom. The van der Waals surface area contributed by atoms with Gasteiger partial charge in [-0.25, -0.2) is 0 Å². The maximum absolute atomic E-state index is 2.90. The third-order valence-electron chi connectivity index (χ3n) is 5.43. The van der Waals surface area contributed by atoms with Gasteiger partial charge in [-0.3, -0.25) is 0 Å². The summed E-state index contributed by atoms with van der Waals surface area (Å²) in [7, 11) is 0. The summed E-state index contributed by atoms with van der Waals surface area (Å²) in [5, 5.41) is 0. The summed E-state index contributed by atoms with van der Waals surface area (Å²) in [6.45, 7) is 9.62. The number of benzene rings is 1. The molecule has 0 saturated heterocycles. The number of hydrogen-bond donors (Lipinski definition) is 0. The molecule has 0 heterocycles. The van der Waals surface area contributed by atoms with Crippen LogP contribution in [0.4, 0.5) is 0 Å². The molecule has 1 rings (SSSR count). The first-order valence-corrected chi connectivity index (χ1v) is 18.7. The van der Waals surface area contributed by atoms with E-state index in [-0.39, 0.29) is 0 Å². The van der Waals surface area contributed by atoms with Crippen LogP contribution in [-0.2, 0) is 0 Å². The predicted molar refractivity (Wildman–Crippen MR) is 118 cm³/mol. The Morgan fingerprint density at radius 3 is 1.65 bits per heavy atom. The minimum absolute atomic E-state index is 0.734. The van der Waals surface area contributed by atoms with Gasteiger partial charge < -0.3 is 0 Å². The molecule has 0 N–H and O–H groups in total. The monoisotopic (exact) mass is 536 g/mol. The van der Waals surface area contributed by atoms with Crippen LogP contribution in [0.3, 0.4) is 0 Å². The van der Waals surface area contributed by atoms with Crippen molar-refractivity contribution in [3.05, 3.63) is 35.9 Å². The Morgan fingerprint density at radius 1 is 0.826 bits per heavy atom. The predicted octanol–water partition coefficient (Wildman–Crippen LogP) is 7.98. The molecule has 0 aliphatic rings. The van der Waals surface area contributed by atoms with Crippen LogP contribution < -0.4 is 0 Å². The summed E-state index contributed by atoms with van der Waals surface area (Å²) in [6.07, 6.45) is 8.56. The summed E-state index contributed by atoms with van der Waals surface area (Å²) in [5.74, 6) is 0.734. The second-order valence-electron chi connectivity index (χ2n) is 7.27. The van der Waals surface area contributed by atoms with E-state index in [9.17, 15) is 0 Å². The first-order chi connectivity index (χ1) is 11.1. The Labute approximate surface area is 163 Å². The molecule has 1 aromatic carbocycles. The van der Waals surface area contributed by atoms with Gasteiger partial charge in [0.2, 0.25) is 0 Å². The molecule has 132 valence electrons. The van der Waals surface area contributed by atoms with Gasteiger partial charge >= 0.3 is 164 Å². The zero-order chi connectivity index (χ0) is 17.1. The van der Waals surface area contributed by atoms with Gasteiger partial charge in [0.15, 0.2) is 0 Å². The quantitative estimate of drug-likeness (QED) is 0.145. The van der Waals surface area contributed by atoms with Crippen LogP contribution >= 0.6 is 22.6 Å². The van der Waals surface area contributed by atoms with E-state index < -0.39 is 18.4 Å². The normalized spacial score (nSPS) is 14.7. The van der Waals surface area contributed by atoms with E-state index in [1.165, 1.54) is 38.5 Å². The zero-order valence-corrected chi connectivity index (χ0v) is 20.8. The van der Waals surface area contributed by atoms with Crippen LogP contribution in [0.1, 0.15) is 77.7 Å². The van der Waals surface area contributed by atoms with Gasteiger partial charge in [0.1, 0.15) is 0 Å². The molecule has 0 spiro atoms. The van der Waals surface area contributed by atoms with Crippen molar-refractivity contribution < 1.29 is 0 Å². The summed E-state index contributed by atoms with van der Waals surface area (Å²) in [6, 6.07) is 11.3. The Kier molecular flexibility index (Phi) is 11.5. The van der Waals surface area contributed by atoms with Crippen LogP contribution in [0.2, 0.25) is 13.3 Å². The maximum atomic E-state index is 2.90. The topological polar surface area (TPSA) is 0 Å². The fourth-order valence-electron chi connectivity index (χ4n) is 3.83. The molecule has 0 aliphatic heterocycles. The molecule has 0 radical (unpaired) electrons. The minimum atomic E-state index is -2.12. The molecule has 0 bridgehead atoms. The van der Waals surface area contributed by atoms with E-state index in [0.29, 0.717) is 0 Å². The third kappa shape index (κ3) is 6.87. The fraction of sp³-hybridized carbons (Fsp3) is 0.714. The molecule has 0 saturated carbocycles. The molecule has 0 unspecified atom stereocenters. The van der Waals surface area contributed by atoms with Crippen LogP contribution in [0.25, 0.3) is 0 Å². The molecule has 0 aromatic heterocycles. The van der Waals surface area contributed by atoms with Gasteiger partial charge in [-0.1, -0.05) is 0 Å². The van der Waals surface area contributed by atoms with Gasteiger partial charge in [-0.05, 0) is 0 Å². The molecule has 0 fully saturated rings. The third-order valence-corrected chi connectivity index (χ3v) is 31.7. The van der Waals surface area contributed by atoms with E-state index in [1.54, 1.807) is 18.9 Å². The first-order valence-electron chi connectivity index (χ1n) is 9.80. The van der Waals surface area contributed by atoms with E-state index in [2.05, 4.69) is 80.6 Å². The molecule has 0 nitrogen and oxygen atoms in total. The summed E-state index contributed by atoms with van der Waals surface area (Å²) < 4.78 is 5.80. The molecule has 1 aromatic rings. The Hall–Kier alpha value is 0.749. The van der Waals surface area contributed by atoms with E-state index in [4.69, 9.17) is 0 Å². The second-order valence-corrected chi connectivity index (χ2v) is 25.8. The van der Waals surface area contributed by atoms with Crippen LogP contribution in [0, 0.1) is 0 Å². The average molecular weight is 535 g/mol. The molecule has 2 heteroatoms. The van der Waals surface area contributed by atoms with Crippen LogP contribution in [-0.4, -0.2) is 20.3 Å². The fourth-order valence-corrected chi connectivity index (χ4v) is 27.6. The molecule has 0 amide bonds. The van der Waals surface area contributed by atoms with Gasteiger partial charge in [0.25, 0.3) is 0 Å². The van der Waals surface area contributed by atoms with Crippen LogP contribution in [0.15, 0.2) is 30.3 Å². The van der Waals surface area contributed by atoms with E-state index in [0.717, 1.165) is 7.86 Å². The van der Waals surface area contributed by atoms with Gasteiger partial charge in [-0.2, -0.15) is 0 Å². The number of hydrogen-bond acceptors (Lipinski definition) is 0. The van der Waals surface area contributed by atoms with Crippen molar-refractivity contribution in [3.8, 4) is 0 Å². The molecule has 0 aliphatic carbocycles. The van der Waals surface area contributed by atoms with Crippen molar-refractivity contribution in [2.45, 2.75) is 87.4 Å². The molecular formula is C21H37ISn. The van der Waals surface area contributed by atoms with Crippen LogP contribution in [0.5, 0.6) is 0 Å². The van der Waals surface area contributed by atoms with Crippen molar-refractivity contribution in [3.63, 3.8) is 0 Å². The standard InChI is InChI=1S/C9H10I.3C4H9.Sn/c1-8(7-10)9-5-3-2-4-6-9;3*1-3-4-2;/h2-8H,1H3;3*1,3-4H2,2H3;/t8-;;;;/m0..../s1. The van der Waals surface area contributed by atoms with Crippen molar-refractivity contribution in [2.75, 3.05) is 0 Å². The first kappa shape index (κ1) is 21.8. The second kappa shape index (κ2) is 12.2. The average Bonchev–Trinajstić information content (AvgIpc) is 2.61. The van der Waals surface area contributed by atoms with Crippen molar-refractivity contribution in [2.24, 2.45) is 0 Å². The number of rotatable bonds is 12. The van der Waals surface area contributed by atoms with Gasteiger partial charge in [0.05, 0.1) is 0 Å².